The number of halogens is 1. The molecule has 0 saturated carbocycles. The van der Waals surface area contributed by atoms with Crippen LogP contribution in [0.5, 0.6) is 0 Å². The molecule has 0 radical (unpaired) electrons. The van der Waals surface area contributed by atoms with Crippen molar-refractivity contribution in [2.24, 2.45) is 0 Å². The summed E-state index contributed by atoms with van der Waals surface area (Å²) in [4.78, 5) is 1.87. The summed E-state index contributed by atoms with van der Waals surface area (Å²) in [5.74, 6) is 0.568. The highest BCUT2D eigenvalue weighted by molar-refractivity contribution is 6.31. The Bertz CT molecular complexity index is 514. The normalized spacial score (nSPS) is 10.6. The zero-order chi connectivity index (χ0) is 13.0. The minimum absolute atomic E-state index is 0.486. The van der Waals surface area contributed by atoms with Crippen molar-refractivity contribution in [2.45, 2.75) is 13.1 Å². The molecule has 0 saturated heterocycles. The molecule has 0 aliphatic heterocycles. The van der Waals surface area contributed by atoms with Crippen LogP contribution in [0.1, 0.15) is 11.5 Å². The van der Waals surface area contributed by atoms with E-state index in [0.29, 0.717) is 25.0 Å². The lowest BCUT2D eigenvalue weighted by Crippen LogP contribution is -2.16. The van der Waals surface area contributed by atoms with E-state index >= 15 is 0 Å². The maximum atomic E-state index is 6.11. The number of hydrogen-bond acceptors (Lipinski definition) is 5. The molecule has 6 heteroatoms. The first-order chi connectivity index (χ1) is 8.70. The summed E-state index contributed by atoms with van der Waals surface area (Å²) in [6.07, 6.45) is 0. The Hall–Kier alpha value is -1.59. The Balaban J connectivity index is 2.07. The van der Waals surface area contributed by atoms with Gasteiger partial charge in [-0.3, -0.25) is 0 Å². The quantitative estimate of drug-likeness (QED) is 0.898. The van der Waals surface area contributed by atoms with E-state index in [1.165, 1.54) is 0 Å². The van der Waals surface area contributed by atoms with Crippen LogP contribution in [0.4, 0.5) is 6.01 Å². The van der Waals surface area contributed by atoms with Gasteiger partial charge in [-0.25, -0.2) is 0 Å². The Labute approximate surface area is 111 Å². The van der Waals surface area contributed by atoms with Gasteiger partial charge in [-0.05, 0) is 18.7 Å². The maximum absolute atomic E-state index is 6.11. The number of anilines is 1. The Kier molecular flexibility index (Phi) is 4.17. The van der Waals surface area contributed by atoms with Crippen molar-refractivity contribution in [3.63, 3.8) is 0 Å². The molecule has 1 aromatic heterocycles. The minimum atomic E-state index is 0.486. The van der Waals surface area contributed by atoms with Crippen LogP contribution >= 0.6 is 11.6 Å². The molecular formula is C12H15ClN4O. The van der Waals surface area contributed by atoms with E-state index in [2.05, 4.69) is 15.5 Å². The average molecular weight is 267 g/mol. The van der Waals surface area contributed by atoms with Gasteiger partial charge < -0.3 is 14.6 Å². The smallest absolute Gasteiger partial charge is 0.318 e. The van der Waals surface area contributed by atoms with Crippen LogP contribution in [0.15, 0.2) is 28.7 Å². The predicted molar refractivity (Wildman–Crippen MR) is 70.6 cm³/mol. The number of benzene rings is 1. The molecule has 5 nitrogen and oxygen atoms in total. The zero-order valence-electron chi connectivity index (χ0n) is 10.4. The largest absolute Gasteiger partial charge is 0.407 e. The van der Waals surface area contributed by atoms with Gasteiger partial charge in [0.15, 0.2) is 0 Å². The summed E-state index contributed by atoms with van der Waals surface area (Å²) in [7, 11) is 3.72. The molecule has 0 bridgehead atoms. The third-order valence-electron chi connectivity index (χ3n) is 2.48. The van der Waals surface area contributed by atoms with Gasteiger partial charge in [0.25, 0.3) is 0 Å². The molecule has 0 aliphatic rings. The van der Waals surface area contributed by atoms with E-state index < -0.39 is 0 Å². The second-order valence-electron chi connectivity index (χ2n) is 3.96. The van der Waals surface area contributed by atoms with Gasteiger partial charge in [0.05, 0.1) is 6.54 Å². The lowest BCUT2D eigenvalue weighted by Gasteiger charge is -2.14. The topological polar surface area (TPSA) is 54.2 Å². The zero-order valence-corrected chi connectivity index (χ0v) is 11.1. The van der Waals surface area contributed by atoms with E-state index in [0.717, 1.165) is 10.6 Å². The van der Waals surface area contributed by atoms with E-state index in [4.69, 9.17) is 16.0 Å². The molecular weight excluding hydrogens is 252 g/mol. The number of nitrogens with one attached hydrogen (secondary N) is 1. The Morgan fingerprint density at radius 3 is 2.83 bits per heavy atom. The minimum Gasteiger partial charge on any atom is -0.407 e. The number of hydrogen-bond donors (Lipinski definition) is 1. The van der Waals surface area contributed by atoms with Gasteiger partial charge in [0.2, 0.25) is 5.89 Å². The number of rotatable bonds is 5. The van der Waals surface area contributed by atoms with Crippen molar-refractivity contribution < 1.29 is 4.42 Å². The number of aromatic nitrogens is 2. The van der Waals surface area contributed by atoms with E-state index in [-0.39, 0.29) is 0 Å². The summed E-state index contributed by atoms with van der Waals surface area (Å²) in [5.41, 5.74) is 1.02. The molecule has 0 amide bonds. The van der Waals surface area contributed by atoms with Crippen LogP contribution in [0.3, 0.4) is 0 Å². The molecule has 1 heterocycles. The van der Waals surface area contributed by atoms with Gasteiger partial charge in [0, 0.05) is 18.6 Å². The fourth-order valence-electron chi connectivity index (χ4n) is 1.57. The molecule has 0 unspecified atom stereocenters. The van der Waals surface area contributed by atoms with Gasteiger partial charge >= 0.3 is 6.01 Å². The fraction of sp³-hybridized carbons (Fsp3) is 0.333. The Morgan fingerprint density at radius 2 is 2.11 bits per heavy atom. The molecule has 0 aliphatic carbocycles. The summed E-state index contributed by atoms with van der Waals surface area (Å²) < 4.78 is 5.50. The third-order valence-corrected chi connectivity index (χ3v) is 2.84. The maximum Gasteiger partial charge on any atom is 0.318 e. The molecule has 0 fully saturated rings. The van der Waals surface area contributed by atoms with Crippen LogP contribution in [0, 0.1) is 0 Å². The summed E-state index contributed by atoms with van der Waals surface area (Å²) >= 11 is 6.11. The standard InChI is InChI=1S/C12H15ClN4O/c1-14-7-11-15-16-12(18-11)17(2)8-9-5-3-4-6-10(9)13/h3-6,14H,7-8H2,1-2H3. The van der Waals surface area contributed by atoms with Crippen molar-refractivity contribution >= 4 is 17.6 Å². The first-order valence-corrected chi connectivity index (χ1v) is 6.00. The highest BCUT2D eigenvalue weighted by Crippen LogP contribution is 2.19. The average Bonchev–Trinajstić information content (AvgIpc) is 2.81. The van der Waals surface area contributed by atoms with Gasteiger partial charge in [-0.15, -0.1) is 5.10 Å². The van der Waals surface area contributed by atoms with Crippen LogP contribution in [-0.4, -0.2) is 24.3 Å². The summed E-state index contributed by atoms with van der Waals surface area (Å²) in [6.45, 7) is 1.19. The molecule has 1 N–H and O–H groups in total. The molecule has 2 rings (SSSR count). The van der Waals surface area contributed by atoms with Crippen LogP contribution in [0.2, 0.25) is 5.02 Å². The molecule has 1 aromatic carbocycles. The number of nitrogens with zero attached hydrogens (tertiary/aromatic N) is 3. The van der Waals surface area contributed by atoms with E-state index in [1.807, 2.05) is 43.3 Å². The van der Waals surface area contributed by atoms with Crippen LogP contribution < -0.4 is 10.2 Å². The lowest BCUT2D eigenvalue weighted by molar-refractivity contribution is 0.475. The molecule has 0 atom stereocenters. The van der Waals surface area contributed by atoms with E-state index in [9.17, 15) is 0 Å². The highest BCUT2D eigenvalue weighted by Gasteiger charge is 2.11. The second-order valence-corrected chi connectivity index (χ2v) is 4.36. The third kappa shape index (κ3) is 3.00. The summed E-state index contributed by atoms with van der Waals surface area (Å²) in [6, 6.07) is 8.19. The van der Waals surface area contributed by atoms with Gasteiger partial charge in [-0.1, -0.05) is 34.9 Å². The SMILES string of the molecule is CNCc1nnc(N(C)Cc2ccccc2Cl)o1. The predicted octanol–water partition coefficient (Wildman–Crippen LogP) is 2.08. The van der Waals surface area contributed by atoms with Crippen molar-refractivity contribution in [1.29, 1.82) is 0 Å². The molecule has 0 spiro atoms. The molecule has 2 aromatic rings. The van der Waals surface area contributed by atoms with Crippen molar-refractivity contribution in [2.75, 3.05) is 19.0 Å². The molecule has 18 heavy (non-hydrogen) atoms. The first kappa shape index (κ1) is 12.9. The van der Waals surface area contributed by atoms with E-state index in [1.54, 1.807) is 0 Å². The second kappa shape index (κ2) is 5.84. The van der Waals surface area contributed by atoms with Gasteiger partial charge in [0.1, 0.15) is 0 Å². The summed E-state index contributed by atoms with van der Waals surface area (Å²) in [5, 5.41) is 11.6. The van der Waals surface area contributed by atoms with Crippen molar-refractivity contribution in [3.05, 3.63) is 40.7 Å². The monoisotopic (exact) mass is 266 g/mol. The van der Waals surface area contributed by atoms with Crippen molar-refractivity contribution in [1.82, 2.24) is 15.5 Å². The fourth-order valence-corrected chi connectivity index (χ4v) is 1.77. The van der Waals surface area contributed by atoms with Crippen LogP contribution in [0.25, 0.3) is 0 Å². The first-order valence-electron chi connectivity index (χ1n) is 5.62. The Morgan fingerprint density at radius 1 is 1.33 bits per heavy atom. The molecule has 96 valence electrons. The van der Waals surface area contributed by atoms with Crippen molar-refractivity contribution in [3.8, 4) is 0 Å². The highest BCUT2D eigenvalue weighted by atomic mass is 35.5. The van der Waals surface area contributed by atoms with Gasteiger partial charge in [-0.2, -0.15) is 0 Å². The van der Waals surface area contributed by atoms with Crippen LogP contribution in [-0.2, 0) is 13.1 Å². The lowest BCUT2D eigenvalue weighted by atomic mass is 10.2.